The van der Waals surface area contributed by atoms with E-state index >= 15 is 0 Å². The second kappa shape index (κ2) is 10.7. The summed E-state index contributed by atoms with van der Waals surface area (Å²) in [5.74, 6) is 30.7. The Morgan fingerprint density at radius 2 is 0.469 bits per heavy atom. The van der Waals surface area contributed by atoms with Gasteiger partial charge in [-0.05, 0) is 0 Å². The summed E-state index contributed by atoms with van der Waals surface area (Å²) in [6.07, 6.45) is 0. The molecule has 0 atom stereocenters. The SMILES string of the molecule is CP1([CH2][Ge]([CH3])([CH3])[CH3])=NP(C)([CH2][Ge]([CH3])([CH3])[CH3])=NP(C)([CH2][Ge]([CH3])([CH3])[CH3])=NP(C)([CH2][Ge]([CH3])([CH3])[CH3])=N1. The molecule has 1 aliphatic heterocycles. The summed E-state index contributed by atoms with van der Waals surface area (Å²) in [7, 11) is -6.96. The molecular weight excluding hydrogens is 711 g/mol. The minimum atomic E-state index is -1.85. The molecular formula is C20H56Ge4N4P4. The van der Waals surface area contributed by atoms with Crippen LogP contribution in [-0.2, 0) is 0 Å². The van der Waals surface area contributed by atoms with Crippen molar-refractivity contribution in [1.82, 2.24) is 0 Å². The van der Waals surface area contributed by atoms with E-state index in [0.29, 0.717) is 0 Å². The van der Waals surface area contributed by atoms with Gasteiger partial charge in [-0.3, -0.25) is 0 Å². The Balaban J connectivity index is 4.10. The van der Waals surface area contributed by atoms with Gasteiger partial charge < -0.3 is 0 Å². The minimum absolute atomic E-state index is 1.30. The molecule has 0 spiro atoms. The van der Waals surface area contributed by atoms with E-state index in [1.54, 1.807) is 0 Å². The van der Waals surface area contributed by atoms with Crippen molar-refractivity contribution in [2.75, 3.05) is 46.6 Å². The Bertz CT molecular complexity index is 755. The second-order valence-electron chi connectivity index (χ2n) is 15.6. The number of nitrogens with zero attached hydrogens (tertiary/aromatic N) is 4. The number of rotatable bonds is 8. The first-order valence-corrected chi connectivity index (χ1v) is 52.5. The van der Waals surface area contributed by atoms with Gasteiger partial charge in [0.2, 0.25) is 0 Å². The van der Waals surface area contributed by atoms with Crippen LogP contribution in [0.1, 0.15) is 0 Å². The van der Waals surface area contributed by atoms with Crippen LogP contribution in [0.5, 0.6) is 0 Å². The maximum absolute atomic E-state index is 5.94. The fraction of sp³-hybridized carbons (Fsp3) is 1.00. The molecule has 12 heteroatoms. The van der Waals surface area contributed by atoms with E-state index in [2.05, 4.69) is 95.7 Å². The van der Waals surface area contributed by atoms with E-state index in [9.17, 15) is 0 Å². The number of hydrogen-bond donors (Lipinski definition) is 0. The van der Waals surface area contributed by atoms with Gasteiger partial charge in [0.25, 0.3) is 0 Å². The monoisotopic (exact) mass is 772 g/mol. The molecule has 0 N–H and O–H groups in total. The van der Waals surface area contributed by atoms with Gasteiger partial charge in [0, 0.05) is 0 Å². The number of hydrogen-bond acceptors (Lipinski definition) is 4. The Morgan fingerprint density at radius 3 is 0.562 bits per heavy atom. The second-order valence-corrected chi connectivity index (χ2v) is 79.4. The molecule has 0 radical (unpaired) electrons. The third-order valence-electron chi connectivity index (χ3n) is 4.64. The van der Waals surface area contributed by atoms with Gasteiger partial charge in [0.1, 0.15) is 0 Å². The van der Waals surface area contributed by atoms with Crippen LogP contribution in [0.15, 0.2) is 18.1 Å². The molecule has 0 unspecified atom stereocenters. The predicted molar refractivity (Wildman–Crippen MR) is 174 cm³/mol. The van der Waals surface area contributed by atoms with Crippen LogP contribution in [0.25, 0.3) is 0 Å². The Labute approximate surface area is 213 Å². The zero-order chi connectivity index (χ0) is 25.7. The fourth-order valence-corrected chi connectivity index (χ4v) is 84.7. The average molecular weight is 767 g/mol. The predicted octanol–water partition coefficient (Wildman–Crippen LogP) is 10.5. The first kappa shape index (κ1) is 33.1. The summed E-state index contributed by atoms with van der Waals surface area (Å²) in [4.78, 5) is 5.18. The molecule has 0 fully saturated rings. The molecule has 0 aromatic rings. The fourth-order valence-electron chi connectivity index (χ4n) is 5.58. The van der Waals surface area contributed by atoms with Crippen molar-refractivity contribution in [3.05, 3.63) is 0 Å². The van der Waals surface area contributed by atoms with Crippen molar-refractivity contribution >= 4 is 81.9 Å². The van der Waals surface area contributed by atoms with Crippen molar-refractivity contribution < 1.29 is 0 Å². The zero-order valence-corrected chi connectivity index (χ0v) is 36.4. The Kier molecular flexibility index (Phi) is 11.1. The molecule has 0 saturated heterocycles. The molecule has 4 nitrogen and oxygen atoms in total. The van der Waals surface area contributed by atoms with Crippen LogP contribution in [0.2, 0.25) is 69.1 Å². The van der Waals surface area contributed by atoms with E-state index in [1.165, 1.54) is 20.0 Å². The van der Waals surface area contributed by atoms with Crippen molar-refractivity contribution in [2.45, 2.75) is 69.1 Å². The molecule has 0 aliphatic carbocycles. The summed E-state index contributed by atoms with van der Waals surface area (Å²) >= 11 is -7.39. The maximum atomic E-state index is 5.94. The van der Waals surface area contributed by atoms with Gasteiger partial charge in [-0.1, -0.05) is 0 Å². The van der Waals surface area contributed by atoms with E-state index in [1.807, 2.05) is 0 Å². The van der Waals surface area contributed by atoms with Crippen LogP contribution in [-0.4, -0.2) is 99.7 Å². The van der Waals surface area contributed by atoms with E-state index < -0.39 is 81.9 Å². The standard InChI is InChI=1S/C20H56Ge4N4P4/c1-21(2,3)17-29(13)25-30(14,18-22(4,5)6)27-32(16,20-24(10,11)12)28-31(15,26-29)19-23(7,8)9/h17-20H2,1-16H3. The normalized spacial score (nSPS) is 35.0. The molecule has 0 aromatic heterocycles. The van der Waals surface area contributed by atoms with Gasteiger partial charge >= 0.3 is 216 Å². The summed E-state index contributed by atoms with van der Waals surface area (Å²) in [6.45, 7) is 9.94. The van der Waals surface area contributed by atoms with Gasteiger partial charge in [-0.2, -0.15) is 0 Å². The molecule has 1 heterocycles. The summed E-state index contributed by atoms with van der Waals surface area (Å²) < 4.78 is 23.8. The summed E-state index contributed by atoms with van der Waals surface area (Å²) in [6, 6.07) is 0. The molecule has 192 valence electrons. The summed E-state index contributed by atoms with van der Waals surface area (Å²) in [5.41, 5.74) is 0. The van der Waals surface area contributed by atoms with Crippen LogP contribution in [0, 0.1) is 0 Å². The quantitative estimate of drug-likeness (QED) is 0.175. The molecule has 0 saturated carbocycles. The molecule has 0 bridgehead atoms. The topological polar surface area (TPSA) is 49.4 Å². The van der Waals surface area contributed by atoms with Gasteiger partial charge in [0.05, 0.1) is 0 Å². The van der Waals surface area contributed by atoms with Gasteiger partial charge in [-0.15, -0.1) is 0 Å². The third-order valence-corrected chi connectivity index (χ3v) is 62.1. The van der Waals surface area contributed by atoms with Gasteiger partial charge in [0.15, 0.2) is 0 Å². The molecule has 0 amide bonds. The first-order chi connectivity index (χ1) is 13.7. The van der Waals surface area contributed by atoms with E-state index in [-0.39, 0.29) is 0 Å². The van der Waals surface area contributed by atoms with Crippen LogP contribution in [0.4, 0.5) is 0 Å². The Morgan fingerprint density at radius 1 is 0.344 bits per heavy atom. The first-order valence-electron chi connectivity index (χ1n) is 12.1. The zero-order valence-electron chi connectivity index (χ0n) is 24.4. The molecule has 1 rings (SSSR count). The van der Waals surface area contributed by atoms with Crippen molar-refractivity contribution in [3.8, 4) is 0 Å². The molecule has 0 aromatic carbocycles. The molecule has 32 heavy (non-hydrogen) atoms. The van der Waals surface area contributed by atoms with Gasteiger partial charge in [-0.25, -0.2) is 0 Å². The van der Waals surface area contributed by atoms with E-state index in [4.69, 9.17) is 18.1 Å². The average Bonchev–Trinajstić information content (AvgIpc) is 2.21. The van der Waals surface area contributed by atoms with Crippen LogP contribution < -0.4 is 0 Å². The van der Waals surface area contributed by atoms with Crippen molar-refractivity contribution in [1.29, 1.82) is 0 Å². The van der Waals surface area contributed by atoms with Crippen LogP contribution >= 0.6 is 28.8 Å². The Hall–Kier alpha value is 3.09. The van der Waals surface area contributed by atoms with Crippen LogP contribution in [0.3, 0.4) is 0 Å². The van der Waals surface area contributed by atoms with Crippen molar-refractivity contribution in [2.24, 2.45) is 18.1 Å². The summed E-state index contributed by atoms with van der Waals surface area (Å²) in [5, 5.41) is 0. The van der Waals surface area contributed by atoms with Crippen molar-refractivity contribution in [3.63, 3.8) is 0 Å². The molecule has 1 aliphatic rings. The van der Waals surface area contributed by atoms with E-state index in [0.717, 1.165) is 0 Å². The third kappa shape index (κ3) is 13.1.